The number of aryl methyl sites for hydroxylation is 1. The minimum Gasteiger partial charge on any atom is -0.481 e. The fourth-order valence-corrected chi connectivity index (χ4v) is 1.56. The van der Waals surface area contributed by atoms with Crippen molar-refractivity contribution in [2.75, 3.05) is 5.32 Å². The van der Waals surface area contributed by atoms with Crippen LogP contribution in [0.4, 0.5) is 11.4 Å². The summed E-state index contributed by atoms with van der Waals surface area (Å²) in [6, 6.07) is 4.27. The van der Waals surface area contributed by atoms with Crippen LogP contribution in [0.1, 0.15) is 24.8 Å². The molecular formula is C12H14N2O5. The topological polar surface area (TPSA) is 110 Å². The maximum atomic E-state index is 11.5. The molecule has 0 aliphatic carbocycles. The highest BCUT2D eigenvalue weighted by Gasteiger charge is 2.11. The average Bonchev–Trinajstić information content (AvgIpc) is 2.27. The third-order valence-corrected chi connectivity index (χ3v) is 2.47. The Labute approximate surface area is 109 Å². The standard InChI is InChI=1S/C12H14N2O5/c1-8-7-9(5-6-10(8)14(18)19)13-11(15)3-2-4-12(16)17/h5-7H,2-4H2,1H3,(H,13,15)(H,16,17). The van der Waals surface area contributed by atoms with E-state index in [2.05, 4.69) is 5.32 Å². The summed E-state index contributed by atoms with van der Waals surface area (Å²) in [5, 5.41) is 21.6. The molecule has 0 saturated heterocycles. The van der Waals surface area contributed by atoms with Gasteiger partial charge in [-0.1, -0.05) is 0 Å². The molecule has 0 aliphatic heterocycles. The molecule has 0 bridgehead atoms. The Morgan fingerprint density at radius 3 is 2.58 bits per heavy atom. The minimum atomic E-state index is -0.945. The highest BCUT2D eigenvalue weighted by Crippen LogP contribution is 2.21. The summed E-state index contributed by atoms with van der Waals surface area (Å²) in [7, 11) is 0. The van der Waals surface area contributed by atoms with Crippen molar-refractivity contribution >= 4 is 23.3 Å². The summed E-state index contributed by atoms with van der Waals surface area (Å²) in [6.45, 7) is 1.58. The summed E-state index contributed by atoms with van der Waals surface area (Å²) in [5.41, 5.74) is 0.903. The lowest BCUT2D eigenvalue weighted by Gasteiger charge is -2.05. The Bertz CT molecular complexity index is 513. The van der Waals surface area contributed by atoms with Gasteiger partial charge in [-0.15, -0.1) is 0 Å². The van der Waals surface area contributed by atoms with Crippen LogP contribution in [0.15, 0.2) is 18.2 Å². The van der Waals surface area contributed by atoms with Crippen molar-refractivity contribution in [3.63, 3.8) is 0 Å². The molecule has 0 aromatic heterocycles. The number of anilines is 1. The number of carboxylic acids is 1. The minimum absolute atomic E-state index is 0.0103. The van der Waals surface area contributed by atoms with Crippen LogP contribution in [0.3, 0.4) is 0 Å². The first-order valence-corrected chi connectivity index (χ1v) is 5.67. The van der Waals surface area contributed by atoms with Gasteiger partial charge in [0.15, 0.2) is 0 Å². The first kappa shape index (κ1) is 14.6. The second kappa shape index (κ2) is 6.48. The predicted molar refractivity (Wildman–Crippen MR) is 67.9 cm³/mol. The summed E-state index contributed by atoms with van der Waals surface area (Å²) >= 11 is 0. The molecule has 1 amide bonds. The molecule has 1 aromatic carbocycles. The molecule has 102 valence electrons. The highest BCUT2D eigenvalue weighted by molar-refractivity contribution is 5.91. The largest absolute Gasteiger partial charge is 0.481 e. The molecule has 0 unspecified atom stereocenters. The number of benzene rings is 1. The number of nitro benzene ring substituents is 1. The van der Waals surface area contributed by atoms with E-state index in [0.29, 0.717) is 11.3 Å². The van der Waals surface area contributed by atoms with Gasteiger partial charge in [-0.2, -0.15) is 0 Å². The van der Waals surface area contributed by atoms with Gasteiger partial charge in [0.05, 0.1) is 4.92 Å². The summed E-state index contributed by atoms with van der Waals surface area (Å²) in [6.07, 6.45) is 0.294. The molecule has 19 heavy (non-hydrogen) atoms. The number of aliphatic carboxylic acids is 1. The van der Waals surface area contributed by atoms with E-state index in [1.54, 1.807) is 6.92 Å². The van der Waals surface area contributed by atoms with E-state index in [1.165, 1.54) is 18.2 Å². The molecule has 1 rings (SSSR count). The number of carbonyl (C=O) groups excluding carboxylic acids is 1. The van der Waals surface area contributed by atoms with E-state index in [1.807, 2.05) is 0 Å². The third kappa shape index (κ3) is 4.74. The van der Waals surface area contributed by atoms with E-state index >= 15 is 0 Å². The molecule has 0 atom stereocenters. The fourth-order valence-electron chi connectivity index (χ4n) is 1.56. The van der Waals surface area contributed by atoms with E-state index < -0.39 is 10.9 Å². The van der Waals surface area contributed by atoms with Crippen molar-refractivity contribution < 1.29 is 19.6 Å². The number of nitrogens with zero attached hydrogens (tertiary/aromatic N) is 1. The van der Waals surface area contributed by atoms with E-state index in [9.17, 15) is 19.7 Å². The Hall–Kier alpha value is -2.44. The zero-order chi connectivity index (χ0) is 14.4. The van der Waals surface area contributed by atoms with Crippen molar-refractivity contribution in [3.05, 3.63) is 33.9 Å². The number of carboxylic acid groups (broad SMARTS) is 1. The number of rotatable bonds is 6. The molecule has 0 spiro atoms. The van der Waals surface area contributed by atoms with Gasteiger partial charge in [0.2, 0.25) is 5.91 Å². The van der Waals surface area contributed by atoms with Crippen molar-refractivity contribution in [1.29, 1.82) is 0 Å². The van der Waals surface area contributed by atoms with Gasteiger partial charge in [0.1, 0.15) is 0 Å². The normalized spacial score (nSPS) is 9.95. The highest BCUT2D eigenvalue weighted by atomic mass is 16.6. The Morgan fingerprint density at radius 1 is 1.37 bits per heavy atom. The number of hydrogen-bond acceptors (Lipinski definition) is 4. The molecular weight excluding hydrogens is 252 g/mol. The molecule has 0 aliphatic rings. The SMILES string of the molecule is Cc1cc(NC(=O)CCCC(=O)O)ccc1[N+](=O)[O-]. The molecule has 7 heteroatoms. The van der Waals surface area contributed by atoms with Crippen LogP contribution in [0, 0.1) is 17.0 Å². The molecule has 2 N–H and O–H groups in total. The van der Waals surface area contributed by atoms with Gasteiger partial charge >= 0.3 is 5.97 Å². The quantitative estimate of drug-likeness (QED) is 0.605. The zero-order valence-electron chi connectivity index (χ0n) is 10.4. The number of carbonyl (C=O) groups is 2. The number of nitrogens with one attached hydrogen (secondary N) is 1. The van der Waals surface area contributed by atoms with Crippen molar-refractivity contribution in [2.24, 2.45) is 0 Å². The van der Waals surface area contributed by atoms with Crippen LogP contribution in [-0.2, 0) is 9.59 Å². The zero-order valence-corrected chi connectivity index (χ0v) is 10.4. The van der Waals surface area contributed by atoms with Gasteiger partial charge < -0.3 is 10.4 Å². The van der Waals surface area contributed by atoms with Gasteiger partial charge in [0, 0.05) is 30.2 Å². The molecule has 1 aromatic rings. The molecule has 0 heterocycles. The number of nitro groups is 1. The predicted octanol–water partition coefficient (Wildman–Crippen LogP) is 2.10. The van der Waals surface area contributed by atoms with Crippen LogP contribution >= 0.6 is 0 Å². The van der Waals surface area contributed by atoms with E-state index in [-0.39, 0.29) is 30.9 Å². The summed E-state index contributed by atoms with van der Waals surface area (Å²) in [5.74, 6) is -1.26. The Kier molecular flexibility index (Phi) is 4.99. The summed E-state index contributed by atoms with van der Waals surface area (Å²) < 4.78 is 0. The van der Waals surface area contributed by atoms with Crippen LogP contribution in [0.5, 0.6) is 0 Å². The third-order valence-electron chi connectivity index (χ3n) is 2.47. The van der Waals surface area contributed by atoms with Crippen LogP contribution in [-0.4, -0.2) is 21.9 Å². The Morgan fingerprint density at radius 2 is 2.05 bits per heavy atom. The lowest BCUT2D eigenvalue weighted by atomic mass is 10.1. The first-order chi connectivity index (χ1) is 8.90. The number of hydrogen-bond donors (Lipinski definition) is 2. The monoisotopic (exact) mass is 266 g/mol. The Balaban J connectivity index is 2.58. The van der Waals surface area contributed by atoms with Gasteiger partial charge in [-0.05, 0) is 25.5 Å². The van der Waals surface area contributed by atoms with E-state index in [0.717, 1.165) is 0 Å². The second-order valence-corrected chi connectivity index (χ2v) is 4.05. The first-order valence-electron chi connectivity index (χ1n) is 5.67. The van der Waals surface area contributed by atoms with Crippen molar-refractivity contribution in [2.45, 2.75) is 26.2 Å². The van der Waals surface area contributed by atoms with Crippen LogP contribution < -0.4 is 5.32 Å². The lowest BCUT2D eigenvalue weighted by Crippen LogP contribution is -2.12. The maximum absolute atomic E-state index is 11.5. The number of amides is 1. The second-order valence-electron chi connectivity index (χ2n) is 4.05. The summed E-state index contributed by atoms with van der Waals surface area (Å²) in [4.78, 5) is 31.9. The van der Waals surface area contributed by atoms with Crippen LogP contribution in [0.25, 0.3) is 0 Å². The van der Waals surface area contributed by atoms with Crippen LogP contribution in [0.2, 0.25) is 0 Å². The smallest absolute Gasteiger partial charge is 0.303 e. The fraction of sp³-hybridized carbons (Fsp3) is 0.333. The van der Waals surface area contributed by atoms with E-state index in [4.69, 9.17) is 5.11 Å². The maximum Gasteiger partial charge on any atom is 0.303 e. The molecule has 7 nitrogen and oxygen atoms in total. The molecule has 0 radical (unpaired) electrons. The van der Waals surface area contributed by atoms with Crippen molar-refractivity contribution in [1.82, 2.24) is 0 Å². The lowest BCUT2D eigenvalue weighted by molar-refractivity contribution is -0.385. The van der Waals surface area contributed by atoms with Crippen molar-refractivity contribution in [3.8, 4) is 0 Å². The molecule has 0 saturated carbocycles. The molecule has 0 fully saturated rings. The average molecular weight is 266 g/mol. The van der Waals surface area contributed by atoms with Gasteiger partial charge in [-0.25, -0.2) is 0 Å². The van der Waals surface area contributed by atoms with Gasteiger partial charge in [0.25, 0.3) is 5.69 Å². The van der Waals surface area contributed by atoms with Gasteiger partial charge in [-0.3, -0.25) is 19.7 Å².